The van der Waals surface area contributed by atoms with Crippen LogP contribution in [-0.4, -0.2) is 29.8 Å². The minimum atomic E-state index is 0.120. The van der Waals surface area contributed by atoms with Crippen molar-refractivity contribution in [2.75, 3.05) is 13.1 Å². The van der Waals surface area contributed by atoms with Crippen molar-refractivity contribution in [1.29, 1.82) is 0 Å². The van der Waals surface area contributed by atoms with Gasteiger partial charge in [0, 0.05) is 5.92 Å². The molecule has 3 saturated heterocycles. The molecule has 3 heterocycles. The fourth-order valence-corrected chi connectivity index (χ4v) is 3.86. The highest BCUT2D eigenvalue weighted by atomic mass is 16.1. The van der Waals surface area contributed by atoms with Gasteiger partial charge in [-0.1, -0.05) is 54.6 Å². The van der Waals surface area contributed by atoms with Crippen molar-refractivity contribution < 1.29 is 4.79 Å². The number of hydrogen-bond acceptors (Lipinski definition) is 2. The molecule has 5 rings (SSSR count). The first-order chi connectivity index (χ1) is 10.8. The number of carbonyl (C=O) groups is 1. The lowest BCUT2D eigenvalue weighted by Crippen LogP contribution is -2.56. The van der Waals surface area contributed by atoms with Crippen LogP contribution in [0.5, 0.6) is 0 Å². The van der Waals surface area contributed by atoms with E-state index in [0.29, 0.717) is 11.7 Å². The van der Waals surface area contributed by atoms with Gasteiger partial charge < -0.3 is 0 Å². The quantitative estimate of drug-likeness (QED) is 0.862. The second kappa shape index (κ2) is 5.69. The van der Waals surface area contributed by atoms with E-state index in [4.69, 9.17) is 0 Å². The molecule has 2 nitrogen and oxygen atoms in total. The number of benzene rings is 2. The van der Waals surface area contributed by atoms with Crippen molar-refractivity contribution in [1.82, 2.24) is 4.90 Å². The van der Waals surface area contributed by atoms with Gasteiger partial charge >= 0.3 is 0 Å². The molecule has 0 amide bonds. The van der Waals surface area contributed by atoms with E-state index in [-0.39, 0.29) is 6.04 Å². The fraction of sp³-hybridized carbons (Fsp3) is 0.350. The Kier molecular flexibility index (Phi) is 3.55. The van der Waals surface area contributed by atoms with Crippen LogP contribution in [0.2, 0.25) is 0 Å². The topological polar surface area (TPSA) is 20.3 Å². The van der Waals surface area contributed by atoms with Gasteiger partial charge in [-0.25, -0.2) is 0 Å². The van der Waals surface area contributed by atoms with E-state index in [1.807, 2.05) is 6.07 Å². The Morgan fingerprint density at radius 2 is 1.50 bits per heavy atom. The first kappa shape index (κ1) is 13.7. The summed E-state index contributed by atoms with van der Waals surface area (Å²) in [5, 5.41) is 0. The minimum Gasteiger partial charge on any atom is -0.298 e. The van der Waals surface area contributed by atoms with E-state index in [9.17, 15) is 4.79 Å². The summed E-state index contributed by atoms with van der Waals surface area (Å²) in [5.41, 5.74) is 3.75. The van der Waals surface area contributed by atoms with Crippen molar-refractivity contribution in [3.8, 4) is 11.1 Å². The third-order valence-corrected chi connectivity index (χ3v) is 5.19. The lowest BCUT2D eigenvalue weighted by atomic mass is 9.80. The summed E-state index contributed by atoms with van der Waals surface area (Å²) in [4.78, 5) is 14.8. The molecule has 0 aliphatic carbocycles. The number of ketones is 1. The molecule has 0 spiro atoms. The molecular formula is C20H21NO. The molecule has 112 valence electrons. The van der Waals surface area contributed by atoms with Crippen LogP contribution >= 0.6 is 0 Å². The largest absolute Gasteiger partial charge is 0.298 e. The van der Waals surface area contributed by atoms with Crippen LogP contribution in [0.4, 0.5) is 0 Å². The molecule has 0 aromatic heterocycles. The predicted octanol–water partition coefficient (Wildman–Crippen LogP) is 3.56. The van der Waals surface area contributed by atoms with Gasteiger partial charge in [-0.05, 0) is 49.0 Å². The maximum atomic E-state index is 12.4. The van der Waals surface area contributed by atoms with Crippen LogP contribution in [0, 0.1) is 5.92 Å². The zero-order valence-electron chi connectivity index (χ0n) is 12.7. The molecule has 2 bridgehead atoms. The van der Waals surface area contributed by atoms with Gasteiger partial charge in [-0.3, -0.25) is 9.69 Å². The molecule has 0 radical (unpaired) electrons. The Labute approximate surface area is 131 Å². The number of fused-ring (bicyclic) bond motifs is 3. The monoisotopic (exact) mass is 291 g/mol. The standard InChI is InChI=1S/C20H21NO/c22-20-18-10-12-21(13-11-18)19(20)14-15-6-8-17(9-7-15)16-4-2-1-3-5-16/h1-9,18-19H,10-14H2. The first-order valence-electron chi connectivity index (χ1n) is 8.23. The van der Waals surface area contributed by atoms with Crippen molar-refractivity contribution in [3.05, 3.63) is 60.2 Å². The van der Waals surface area contributed by atoms with Crippen molar-refractivity contribution in [2.24, 2.45) is 5.92 Å². The van der Waals surface area contributed by atoms with Crippen molar-refractivity contribution in [2.45, 2.75) is 25.3 Å². The van der Waals surface area contributed by atoms with Gasteiger partial charge in [-0.2, -0.15) is 0 Å². The Bertz CT molecular complexity index is 654. The zero-order valence-corrected chi connectivity index (χ0v) is 12.7. The molecule has 1 atom stereocenters. The average molecular weight is 291 g/mol. The van der Waals surface area contributed by atoms with E-state index < -0.39 is 0 Å². The molecule has 0 N–H and O–H groups in total. The highest BCUT2D eigenvalue weighted by molar-refractivity contribution is 5.88. The van der Waals surface area contributed by atoms with Crippen molar-refractivity contribution >= 4 is 5.78 Å². The van der Waals surface area contributed by atoms with Crippen LogP contribution in [0.25, 0.3) is 11.1 Å². The van der Waals surface area contributed by atoms with Gasteiger partial charge in [0.25, 0.3) is 0 Å². The summed E-state index contributed by atoms with van der Waals surface area (Å²) in [5.74, 6) is 0.809. The highest BCUT2D eigenvalue weighted by Crippen LogP contribution is 2.31. The van der Waals surface area contributed by atoms with E-state index in [1.54, 1.807) is 0 Å². The van der Waals surface area contributed by atoms with E-state index >= 15 is 0 Å². The number of carbonyl (C=O) groups excluding carboxylic acids is 1. The summed E-state index contributed by atoms with van der Waals surface area (Å²) in [7, 11) is 0. The maximum Gasteiger partial charge on any atom is 0.153 e. The van der Waals surface area contributed by atoms with Crippen molar-refractivity contribution in [3.63, 3.8) is 0 Å². The second-order valence-electron chi connectivity index (χ2n) is 6.50. The Morgan fingerprint density at radius 1 is 0.864 bits per heavy atom. The molecule has 0 saturated carbocycles. The number of Topliss-reactive ketones (excluding diaryl/α,β-unsaturated/α-hetero) is 1. The number of nitrogens with zero attached hydrogens (tertiary/aromatic N) is 1. The molecule has 3 aliphatic heterocycles. The minimum absolute atomic E-state index is 0.120. The molecule has 1 unspecified atom stereocenters. The Hall–Kier alpha value is -1.93. The normalized spacial score (nSPS) is 27.1. The summed E-state index contributed by atoms with van der Waals surface area (Å²) >= 11 is 0. The molecule has 22 heavy (non-hydrogen) atoms. The van der Waals surface area contributed by atoms with Gasteiger partial charge in [0.15, 0.2) is 5.78 Å². The Balaban J connectivity index is 1.51. The van der Waals surface area contributed by atoms with Crippen LogP contribution in [0.3, 0.4) is 0 Å². The fourth-order valence-electron chi connectivity index (χ4n) is 3.86. The average Bonchev–Trinajstić information content (AvgIpc) is 2.60. The molecule has 2 aromatic rings. The second-order valence-corrected chi connectivity index (χ2v) is 6.50. The predicted molar refractivity (Wildman–Crippen MR) is 88.7 cm³/mol. The van der Waals surface area contributed by atoms with Gasteiger partial charge in [-0.15, -0.1) is 0 Å². The summed E-state index contributed by atoms with van der Waals surface area (Å²) in [6.07, 6.45) is 3.01. The number of hydrogen-bond donors (Lipinski definition) is 0. The summed E-state index contributed by atoms with van der Waals surface area (Å²) in [6, 6.07) is 19.2. The third-order valence-electron chi connectivity index (χ3n) is 5.19. The van der Waals surface area contributed by atoms with Gasteiger partial charge in [0.2, 0.25) is 0 Å². The summed E-state index contributed by atoms with van der Waals surface area (Å²) < 4.78 is 0. The molecule has 2 heteroatoms. The smallest absolute Gasteiger partial charge is 0.153 e. The van der Waals surface area contributed by atoms with Crippen LogP contribution in [0.15, 0.2) is 54.6 Å². The first-order valence-corrected chi connectivity index (χ1v) is 8.23. The van der Waals surface area contributed by atoms with E-state index in [0.717, 1.165) is 32.4 Å². The highest BCUT2D eigenvalue weighted by Gasteiger charge is 2.40. The third kappa shape index (κ3) is 2.48. The zero-order chi connectivity index (χ0) is 14.9. The molecule has 3 aliphatic rings. The summed E-state index contributed by atoms with van der Waals surface area (Å²) in [6.45, 7) is 2.20. The van der Waals surface area contributed by atoms with Gasteiger partial charge in [0.1, 0.15) is 0 Å². The molecule has 3 fully saturated rings. The van der Waals surface area contributed by atoms with Crippen LogP contribution in [-0.2, 0) is 11.2 Å². The SMILES string of the molecule is O=C1C2CCN(CC2)C1Cc1ccc(-c2ccccc2)cc1. The van der Waals surface area contributed by atoms with Crippen LogP contribution in [0.1, 0.15) is 18.4 Å². The lowest BCUT2D eigenvalue weighted by Gasteiger charge is -2.44. The maximum absolute atomic E-state index is 12.4. The molecular weight excluding hydrogens is 270 g/mol. The van der Waals surface area contributed by atoms with E-state index in [1.165, 1.54) is 16.7 Å². The van der Waals surface area contributed by atoms with E-state index in [2.05, 4.69) is 53.4 Å². The number of piperidine rings is 3. The molecule has 2 aromatic carbocycles. The van der Waals surface area contributed by atoms with Gasteiger partial charge in [0.05, 0.1) is 6.04 Å². The lowest BCUT2D eigenvalue weighted by molar-refractivity contribution is -0.136. The van der Waals surface area contributed by atoms with Crippen LogP contribution < -0.4 is 0 Å². The number of rotatable bonds is 3. The Morgan fingerprint density at radius 3 is 2.14 bits per heavy atom.